The summed E-state index contributed by atoms with van der Waals surface area (Å²) in [5.41, 5.74) is 5.88. The third-order valence-corrected chi connectivity index (χ3v) is 12.1. The summed E-state index contributed by atoms with van der Waals surface area (Å²) in [4.78, 5) is 21.4. The van der Waals surface area contributed by atoms with Gasteiger partial charge in [-0.1, -0.05) is 103 Å². The zero-order valence-corrected chi connectivity index (χ0v) is 34.8. The number of amides is 1. The normalized spacial score (nSPS) is 23.4. The number of rotatable bonds is 19. The van der Waals surface area contributed by atoms with Crippen molar-refractivity contribution in [1.29, 1.82) is 0 Å². The summed E-state index contributed by atoms with van der Waals surface area (Å²) >= 11 is 0. The first-order valence-corrected chi connectivity index (χ1v) is 21.4. The number of carbonyl (C=O) groups is 1. The van der Waals surface area contributed by atoms with Crippen LogP contribution in [-0.4, -0.2) is 72.2 Å². The zero-order valence-electron chi connectivity index (χ0n) is 34.8. The van der Waals surface area contributed by atoms with Crippen LogP contribution in [0.15, 0.2) is 133 Å². The van der Waals surface area contributed by atoms with Gasteiger partial charge in [0.15, 0.2) is 0 Å². The largest absolute Gasteiger partial charge is 0.459 e. The number of likely N-dealkylation sites (N-methyl/N-ethyl adjacent to an activating group) is 1. The maximum atomic E-state index is 13.7. The smallest absolute Gasteiger partial charge is 0.409 e. The number of carbonyl (C=O) groups excluding carboxylic acids is 1. The molecule has 4 aromatic rings. The van der Waals surface area contributed by atoms with Crippen molar-refractivity contribution in [2.45, 2.75) is 76.2 Å². The fraction of sp³-hybridized carbons (Fsp3) is 0.400. The molecule has 10 heteroatoms. The lowest BCUT2D eigenvalue weighted by Crippen LogP contribution is -2.69. The molecule has 0 bridgehead atoms. The fourth-order valence-corrected chi connectivity index (χ4v) is 9.38. The van der Waals surface area contributed by atoms with E-state index in [1.165, 1.54) is 0 Å². The Morgan fingerprint density at radius 3 is 2.28 bits per heavy atom. The predicted octanol–water partition coefficient (Wildman–Crippen LogP) is 10.1. The van der Waals surface area contributed by atoms with Gasteiger partial charge in [0.2, 0.25) is 5.79 Å². The molecule has 7 rings (SSSR count). The molecule has 1 amide bonds. The first-order valence-electron chi connectivity index (χ1n) is 21.4. The van der Waals surface area contributed by atoms with Crippen molar-refractivity contribution >= 4 is 11.8 Å². The summed E-state index contributed by atoms with van der Waals surface area (Å²) in [6.07, 6.45) is 8.53. The van der Waals surface area contributed by atoms with Gasteiger partial charge in [-0.15, -0.1) is 6.58 Å². The number of aliphatic hydroxyl groups excluding tert-OH is 2. The monoisotopic (exact) mass is 814 g/mol. The number of fused-ring (bicyclic) bond motifs is 2. The van der Waals surface area contributed by atoms with Gasteiger partial charge >= 0.3 is 6.09 Å². The second-order valence-electron chi connectivity index (χ2n) is 15.8. The van der Waals surface area contributed by atoms with Gasteiger partial charge in [-0.3, -0.25) is 0 Å². The maximum Gasteiger partial charge on any atom is 0.409 e. The molecule has 0 radical (unpaired) electrons. The van der Waals surface area contributed by atoms with Crippen molar-refractivity contribution in [3.05, 3.63) is 139 Å². The molecule has 0 aromatic heterocycles. The molecule has 1 fully saturated rings. The van der Waals surface area contributed by atoms with E-state index in [1.54, 1.807) is 24.9 Å². The van der Waals surface area contributed by atoms with Gasteiger partial charge in [-0.25, -0.2) is 4.79 Å². The number of hydrogen-bond acceptors (Lipinski definition) is 9. The molecule has 4 aromatic carbocycles. The molecule has 316 valence electrons. The highest BCUT2D eigenvalue weighted by Crippen LogP contribution is 2.62. The van der Waals surface area contributed by atoms with Crippen LogP contribution in [0.1, 0.15) is 68.9 Å². The lowest BCUT2D eigenvalue weighted by Gasteiger charge is -2.59. The zero-order chi connectivity index (χ0) is 41.9. The first-order chi connectivity index (χ1) is 29.4. The van der Waals surface area contributed by atoms with Crippen molar-refractivity contribution in [3.63, 3.8) is 0 Å². The van der Waals surface area contributed by atoms with Crippen LogP contribution < -0.4 is 9.47 Å². The molecule has 1 heterocycles. The van der Waals surface area contributed by atoms with E-state index < -0.39 is 23.8 Å². The molecule has 60 heavy (non-hydrogen) atoms. The Morgan fingerprint density at radius 1 is 0.900 bits per heavy atom. The molecule has 0 unspecified atom stereocenters. The average Bonchev–Trinajstić information content (AvgIpc) is 3.28. The van der Waals surface area contributed by atoms with Gasteiger partial charge in [0, 0.05) is 38.2 Å². The van der Waals surface area contributed by atoms with Gasteiger partial charge < -0.3 is 38.9 Å². The second kappa shape index (κ2) is 20.2. The minimum atomic E-state index is -1.36. The summed E-state index contributed by atoms with van der Waals surface area (Å²) < 4.78 is 26.4. The van der Waals surface area contributed by atoms with Crippen LogP contribution in [-0.2, 0) is 20.9 Å². The first kappa shape index (κ1) is 42.7. The van der Waals surface area contributed by atoms with E-state index in [9.17, 15) is 15.0 Å². The van der Waals surface area contributed by atoms with Gasteiger partial charge in [0.1, 0.15) is 29.9 Å². The predicted molar refractivity (Wildman–Crippen MR) is 233 cm³/mol. The molecule has 3 aliphatic rings. The van der Waals surface area contributed by atoms with Crippen molar-refractivity contribution in [2.24, 2.45) is 22.9 Å². The van der Waals surface area contributed by atoms with E-state index in [-0.39, 0.29) is 57.2 Å². The molecule has 0 saturated heterocycles. The third kappa shape index (κ3) is 9.31. The number of benzene rings is 4. The van der Waals surface area contributed by atoms with Gasteiger partial charge in [0.25, 0.3) is 0 Å². The van der Waals surface area contributed by atoms with Crippen molar-refractivity contribution in [2.75, 3.05) is 33.5 Å². The Hall–Kier alpha value is -5.42. The second-order valence-corrected chi connectivity index (χ2v) is 15.8. The molecule has 6 atom stereocenters. The minimum Gasteiger partial charge on any atom is -0.459 e. The summed E-state index contributed by atoms with van der Waals surface area (Å²) in [5.74, 6) is 0.226. The van der Waals surface area contributed by atoms with Crippen LogP contribution in [0.25, 0.3) is 11.1 Å². The molecule has 1 saturated carbocycles. The van der Waals surface area contributed by atoms with Crippen molar-refractivity contribution in [3.8, 4) is 28.4 Å². The van der Waals surface area contributed by atoms with Crippen LogP contribution in [0, 0.1) is 17.8 Å². The number of aliphatic hydroxyl groups is 2. The SMILES string of the molecule is C=CCO[C@@]12Oc3ccc(Oc4ccc(-c5ccccc5)cc4)cc3[C@H]3[C@H](CCCCO)[C@@H](CCCCO)C=C(C(=NOCc4ccccc4)C[C@@H]1N(C)C(=O)OCC)[C@H]32. The third-order valence-electron chi connectivity index (χ3n) is 12.1. The minimum absolute atomic E-state index is 0.0805. The summed E-state index contributed by atoms with van der Waals surface area (Å²) in [6, 6.07) is 33.5. The molecule has 10 nitrogen and oxygen atoms in total. The number of oxime groups is 1. The Bertz CT molecular complexity index is 2090. The lowest BCUT2D eigenvalue weighted by molar-refractivity contribution is -0.253. The van der Waals surface area contributed by atoms with Crippen LogP contribution >= 0.6 is 0 Å². The Morgan fingerprint density at radius 2 is 1.58 bits per heavy atom. The quantitative estimate of drug-likeness (QED) is 0.0546. The fourth-order valence-electron chi connectivity index (χ4n) is 9.38. The van der Waals surface area contributed by atoms with E-state index in [1.807, 2.05) is 72.8 Å². The van der Waals surface area contributed by atoms with Crippen LogP contribution in [0.3, 0.4) is 0 Å². The average molecular weight is 815 g/mol. The topological polar surface area (TPSA) is 119 Å². The Balaban J connectivity index is 1.37. The number of ether oxygens (including phenoxy) is 4. The van der Waals surface area contributed by atoms with Crippen LogP contribution in [0.2, 0.25) is 0 Å². The maximum absolute atomic E-state index is 13.7. The van der Waals surface area contributed by atoms with Crippen molar-refractivity contribution in [1.82, 2.24) is 4.90 Å². The lowest BCUT2D eigenvalue weighted by atomic mass is 9.55. The standard InChI is InChI=1S/C50H58N2O8/c1-4-30-57-50-46(52(3)49(55)56-5-2)33-44(51-58-34-35-16-8-6-9-17-35)42-31-38(20-12-14-28-53)41(21-13-15-29-54)47(48(42)50)43-32-40(26-27-45(43)60-50)59-39-24-22-37(23-25-39)36-18-10-7-11-19-36/h4,6-11,16-19,22-27,31-32,38,41,46-48,53-54H,1,5,12-15,20-21,28-30,33-34H2,2-3H3/t38-,41+,46-,47+,48+,50+/m0/s1. The Kier molecular flexibility index (Phi) is 14.4. The van der Waals surface area contributed by atoms with E-state index in [0.717, 1.165) is 59.2 Å². The van der Waals surface area contributed by atoms with Gasteiger partial charge in [-0.05, 0) is 97.0 Å². The van der Waals surface area contributed by atoms with E-state index in [4.69, 9.17) is 28.9 Å². The highest BCUT2D eigenvalue weighted by molar-refractivity contribution is 6.03. The molecule has 2 aliphatic carbocycles. The van der Waals surface area contributed by atoms with E-state index in [2.05, 4.69) is 43.0 Å². The highest BCUT2D eigenvalue weighted by atomic mass is 16.7. The number of hydrogen-bond donors (Lipinski definition) is 2. The van der Waals surface area contributed by atoms with Gasteiger partial charge in [-0.2, -0.15) is 0 Å². The summed E-state index contributed by atoms with van der Waals surface area (Å²) in [5, 5.41) is 24.7. The summed E-state index contributed by atoms with van der Waals surface area (Å²) in [6.45, 7) is 6.67. The molecular formula is C50H58N2O8. The van der Waals surface area contributed by atoms with Crippen molar-refractivity contribution < 1.29 is 38.8 Å². The Labute approximate surface area is 354 Å². The summed E-state index contributed by atoms with van der Waals surface area (Å²) in [7, 11) is 1.73. The molecule has 0 spiro atoms. The molecule has 2 N–H and O–H groups in total. The number of nitrogens with zero attached hydrogens (tertiary/aromatic N) is 2. The van der Waals surface area contributed by atoms with Crippen LogP contribution in [0.5, 0.6) is 17.2 Å². The molecule has 1 aliphatic heterocycles. The number of unbranched alkanes of at least 4 members (excludes halogenated alkanes) is 2. The molecular weight excluding hydrogens is 757 g/mol. The highest BCUT2D eigenvalue weighted by Gasteiger charge is 2.65. The van der Waals surface area contributed by atoms with Crippen LogP contribution in [0.4, 0.5) is 4.79 Å². The number of allylic oxidation sites excluding steroid dienone is 1. The van der Waals surface area contributed by atoms with Gasteiger partial charge in [0.05, 0.1) is 24.8 Å². The van der Waals surface area contributed by atoms with E-state index in [0.29, 0.717) is 30.1 Å². The van der Waals surface area contributed by atoms with E-state index >= 15 is 0 Å².